The van der Waals surface area contributed by atoms with Crippen molar-refractivity contribution >= 4 is 18.6 Å². The Morgan fingerprint density at radius 2 is 2.08 bits per heavy atom. The molecule has 0 aromatic heterocycles. The highest BCUT2D eigenvalue weighted by Gasteiger charge is 2.04. The van der Waals surface area contributed by atoms with E-state index in [0.717, 1.165) is 12.8 Å². The second-order valence-corrected chi connectivity index (χ2v) is 3.49. The lowest BCUT2D eigenvalue weighted by molar-refractivity contribution is -0.142. The number of esters is 1. The number of carbonyl (C=O) groups excluding carboxylic acids is 1. The van der Waals surface area contributed by atoms with E-state index in [9.17, 15) is 4.79 Å². The maximum absolute atomic E-state index is 10.5. The molecule has 0 aromatic rings. The number of unbranched alkanes of at least 4 members (excludes halogenated alkanes) is 3. The molecule has 0 rings (SSSR count). The molecule has 12 heavy (non-hydrogen) atoms. The van der Waals surface area contributed by atoms with Gasteiger partial charge in [-0.3, -0.25) is 4.79 Å². The predicted octanol–water partition coefficient (Wildman–Crippen LogP) is 2.78. The molecular weight excluding hydrogens is 172 g/mol. The third-order valence-electron chi connectivity index (χ3n) is 1.61. The summed E-state index contributed by atoms with van der Waals surface area (Å²) in [6.07, 6.45) is 5.64. The van der Waals surface area contributed by atoms with Gasteiger partial charge in [-0.1, -0.05) is 26.2 Å². The van der Waals surface area contributed by atoms with Crippen LogP contribution in [0.25, 0.3) is 0 Å². The van der Waals surface area contributed by atoms with Crippen LogP contribution in [-0.2, 0) is 9.53 Å². The lowest BCUT2D eigenvalue weighted by Gasteiger charge is -2.09. The van der Waals surface area contributed by atoms with E-state index in [-0.39, 0.29) is 11.4 Å². The third-order valence-corrected chi connectivity index (χ3v) is 1.97. The minimum atomic E-state index is -0.245. The lowest BCUT2D eigenvalue weighted by Crippen LogP contribution is -2.09. The Balaban J connectivity index is 3.19. The van der Waals surface area contributed by atoms with Crippen LogP contribution in [0.15, 0.2) is 0 Å². The summed E-state index contributed by atoms with van der Waals surface area (Å²) >= 11 is 4.13. The highest BCUT2D eigenvalue weighted by molar-refractivity contribution is 7.80. The second-order valence-electron chi connectivity index (χ2n) is 2.91. The molecule has 0 N–H and O–H groups in total. The molecule has 0 saturated heterocycles. The zero-order valence-corrected chi connectivity index (χ0v) is 8.77. The van der Waals surface area contributed by atoms with Gasteiger partial charge in [0, 0.05) is 6.92 Å². The Morgan fingerprint density at radius 3 is 2.58 bits per heavy atom. The summed E-state index contributed by atoms with van der Waals surface area (Å²) in [6.45, 7) is 3.58. The summed E-state index contributed by atoms with van der Waals surface area (Å²) in [5.41, 5.74) is -0.209. The molecule has 72 valence electrons. The van der Waals surface area contributed by atoms with Crippen molar-refractivity contribution < 1.29 is 9.53 Å². The molecule has 1 atom stereocenters. The number of hydrogen-bond donors (Lipinski definition) is 1. The normalized spacial score (nSPS) is 12.6. The zero-order chi connectivity index (χ0) is 9.40. The Morgan fingerprint density at radius 1 is 1.42 bits per heavy atom. The van der Waals surface area contributed by atoms with Crippen molar-refractivity contribution in [3.05, 3.63) is 0 Å². The van der Waals surface area contributed by atoms with Crippen molar-refractivity contribution in [1.29, 1.82) is 0 Å². The van der Waals surface area contributed by atoms with E-state index in [1.165, 1.54) is 26.2 Å². The molecule has 0 aliphatic rings. The Hall–Kier alpha value is -0.180. The van der Waals surface area contributed by atoms with Crippen LogP contribution >= 0.6 is 12.6 Å². The van der Waals surface area contributed by atoms with E-state index in [1.54, 1.807) is 0 Å². The molecule has 3 heteroatoms. The fourth-order valence-corrected chi connectivity index (χ4v) is 1.33. The number of carbonyl (C=O) groups is 1. The van der Waals surface area contributed by atoms with Crippen molar-refractivity contribution in [3.8, 4) is 0 Å². The van der Waals surface area contributed by atoms with Gasteiger partial charge in [-0.05, 0) is 12.8 Å². The van der Waals surface area contributed by atoms with Crippen LogP contribution < -0.4 is 0 Å². The molecule has 0 bridgehead atoms. The van der Waals surface area contributed by atoms with E-state index >= 15 is 0 Å². The summed E-state index contributed by atoms with van der Waals surface area (Å²) in [6, 6.07) is 0. The standard InChI is InChI=1S/C9H18O2S/c1-3-4-5-6-7-9(12)11-8(2)10/h9,12H,3-7H2,1-2H3. The summed E-state index contributed by atoms with van der Waals surface area (Å²) < 4.78 is 4.86. The first kappa shape index (κ1) is 11.8. The van der Waals surface area contributed by atoms with Crippen LogP contribution in [0.4, 0.5) is 0 Å². The molecule has 0 aromatic carbocycles. The smallest absolute Gasteiger partial charge is 0.303 e. The Kier molecular flexibility index (Phi) is 7.36. The van der Waals surface area contributed by atoms with Crippen molar-refractivity contribution in [2.75, 3.05) is 0 Å². The zero-order valence-electron chi connectivity index (χ0n) is 7.88. The summed E-state index contributed by atoms with van der Waals surface area (Å²) in [5.74, 6) is -0.245. The lowest BCUT2D eigenvalue weighted by atomic mass is 10.2. The summed E-state index contributed by atoms with van der Waals surface area (Å²) in [7, 11) is 0. The highest BCUT2D eigenvalue weighted by Crippen LogP contribution is 2.10. The van der Waals surface area contributed by atoms with Gasteiger partial charge in [-0.25, -0.2) is 0 Å². The van der Waals surface area contributed by atoms with Gasteiger partial charge < -0.3 is 4.74 Å². The van der Waals surface area contributed by atoms with Crippen LogP contribution in [0.5, 0.6) is 0 Å². The largest absolute Gasteiger partial charge is 0.452 e. The molecule has 0 aliphatic carbocycles. The van der Waals surface area contributed by atoms with Gasteiger partial charge in [-0.2, -0.15) is 0 Å². The predicted molar refractivity (Wildman–Crippen MR) is 53.3 cm³/mol. The molecule has 0 radical (unpaired) electrons. The van der Waals surface area contributed by atoms with Crippen molar-refractivity contribution in [1.82, 2.24) is 0 Å². The molecule has 0 saturated carbocycles. The minimum absolute atomic E-state index is 0.209. The molecule has 0 spiro atoms. The van der Waals surface area contributed by atoms with Gasteiger partial charge in [0.05, 0.1) is 0 Å². The van der Waals surface area contributed by atoms with Crippen LogP contribution in [0, 0.1) is 0 Å². The van der Waals surface area contributed by atoms with E-state index in [0.29, 0.717) is 0 Å². The third kappa shape index (κ3) is 7.92. The first-order valence-corrected chi connectivity index (χ1v) is 5.03. The number of ether oxygens (including phenoxy) is 1. The van der Waals surface area contributed by atoms with Gasteiger partial charge in [0.15, 0.2) is 0 Å². The number of thiol groups is 1. The number of rotatable bonds is 6. The maximum Gasteiger partial charge on any atom is 0.303 e. The molecule has 0 aliphatic heterocycles. The van der Waals surface area contributed by atoms with Crippen molar-refractivity contribution in [2.24, 2.45) is 0 Å². The fourth-order valence-electron chi connectivity index (χ4n) is 0.996. The van der Waals surface area contributed by atoms with Crippen LogP contribution in [-0.4, -0.2) is 11.4 Å². The fraction of sp³-hybridized carbons (Fsp3) is 0.889. The summed E-state index contributed by atoms with van der Waals surface area (Å²) in [4.78, 5) is 10.5. The van der Waals surface area contributed by atoms with Gasteiger partial charge >= 0.3 is 5.97 Å². The van der Waals surface area contributed by atoms with Gasteiger partial charge in [0.25, 0.3) is 0 Å². The first-order valence-electron chi connectivity index (χ1n) is 4.52. The molecule has 0 fully saturated rings. The van der Waals surface area contributed by atoms with Crippen LogP contribution in [0.1, 0.15) is 46.0 Å². The summed E-state index contributed by atoms with van der Waals surface area (Å²) in [5, 5.41) is 0. The van der Waals surface area contributed by atoms with E-state index in [4.69, 9.17) is 4.74 Å². The van der Waals surface area contributed by atoms with Crippen LogP contribution in [0.2, 0.25) is 0 Å². The monoisotopic (exact) mass is 190 g/mol. The quantitative estimate of drug-likeness (QED) is 0.302. The van der Waals surface area contributed by atoms with Crippen molar-refractivity contribution in [2.45, 2.75) is 51.4 Å². The SMILES string of the molecule is CCCCCCC(S)OC(C)=O. The number of hydrogen-bond acceptors (Lipinski definition) is 3. The van der Waals surface area contributed by atoms with E-state index < -0.39 is 0 Å². The highest BCUT2D eigenvalue weighted by atomic mass is 32.1. The van der Waals surface area contributed by atoms with Gasteiger partial charge in [0.1, 0.15) is 5.44 Å². The Labute approximate surface area is 80.1 Å². The van der Waals surface area contributed by atoms with E-state index in [1.807, 2.05) is 0 Å². The molecule has 2 nitrogen and oxygen atoms in total. The maximum atomic E-state index is 10.5. The second kappa shape index (κ2) is 7.47. The van der Waals surface area contributed by atoms with Gasteiger partial charge in [-0.15, -0.1) is 12.6 Å². The van der Waals surface area contributed by atoms with Crippen LogP contribution in [0.3, 0.4) is 0 Å². The molecule has 1 unspecified atom stereocenters. The van der Waals surface area contributed by atoms with E-state index in [2.05, 4.69) is 19.6 Å². The molecular formula is C9H18O2S. The van der Waals surface area contributed by atoms with Gasteiger partial charge in [0.2, 0.25) is 0 Å². The van der Waals surface area contributed by atoms with Crippen molar-refractivity contribution in [3.63, 3.8) is 0 Å². The molecule has 0 amide bonds. The topological polar surface area (TPSA) is 26.3 Å². The average molecular weight is 190 g/mol. The first-order chi connectivity index (χ1) is 5.66. The Bertz CT molecular complexity index is 126. The minimum Gasteiger partial charge on any atom is -0.452 e. The average Bonchev–Trinajstić information content (AvgIpc) is 1.97. The molecule has 0 heterocycles.